The highest BCUT2D eigenvalue weighted by Crippen LogP contribution is 2.38. The molecule has 2 saturated heterocycles. The van der Waals surface area contributed by atoms with Crippen molar-refractivity contribution >= 4 is 0 Å². The summed E-state index contributed by atoms with van der Waals surface area (Å²) < 4.78 is 16.8. The molecule has 0 aromatic rings. The van der Waals surface area contributed by atoms with Crippen LogP contribution in [-0.2, 0) is 14.2 Å². The van der Waals surface area contributed by atoms with Gasteiger partial charge in [-0.15, -0.1) is 0 Å². The van der Waals surface area contributed by atoms with Crippen LogP contribution >= 0.6 is 0 Å². The first-order chi connectivity index (χ1) is 6.03. The van der Waals surface area contributed by atoms with Gasteiger partial charge in [-0.3, -0.25) is 0 Å². The van der Waals surface area contributed by atoms with E-state index >= 15 is 0 Å². The summed E-state index contributed by atoms with van der Waals surface area (Å²) in [5.41, 5.74) is 0. The summed E-state index contributed by atoms with van der Waals surface area (Å²) in [4.78, 5) is 0. The molecule has 2 unspecified atom stereocenters. The van der Waals surface area contributed by atoms with Crippen molar-refractivity contribution in [1.29, 1.82) is 0 Å². The molecule has 2 fully saturated rings. The van der Waals surface area contributed by atoms with Crippen LogP contribution in [0.3, 0.4) is 0 Å². The Morgan fingerprint density at radius 3 is 2.46 bits per heavy atom. The topological polar surface area (TPSA) is 47.9 Å². The van der Waals surface area contributed by atoms with E-state index in [2.05, 4.69) is 0 Å². The molecule has 13 heavy (non-hydrogen) atoms. The Morgan fingerprint density at radius 1 is 1.23 bits per heavy atom. The zero-order valence-electron chi connectivity index (χ0n) is 8.19. The molecule has 0 radical (unpaired) electrons. The van der Waals surface area contributed by atoms with Gasteiger partial charge in [-0.05, 0) is 20.8 Å². The second-order valence-electron chi connectivity index (χ2n) is 4.13. The summed E-state index contributed by atoms with van der Waals surface area (Å²) in [6.45, 7) is 5.70. The van der Waals surface area contributed by atoms with Crippen LogP contribution in [-0.4, -0.2) is 41.9 Å². The van der Waals surface area contributed by atoms with Gasteiger partial charge in [-0.25, -0.2) is 0 Å². The molecule has 4 nitrogen and oxygen atoms in total. The lowest BCUT2D eigenvalue weighted by Crippen LogP contribution is -2.31. The molecule has 0 aromatic carbocycles. The van der Waals surface area contributed by atoms with Crippen molar-refractivity contribution < 1.29 is 19.3 Å². The Bertz CT molecular complexity index is 204. The second kappa shape index (κ2) is 2.92. The minimum Gasteiger partial charge on any atom is -0.394 e. The molecule has 1 N–H and O–H groups in total. The maximum atomic E-state index is 9.04. The fourth-order valence-electron chi connectivity index (χ4n) is 2.05. The third-order valence-electron chi connectivity index (χ3n) is 2.56. The van der Waals surface area contributed by atoms with Gasteiger partial charge >= 0.3 is 0 Å². The summed E-state index contributed by atoms with van der Waals surface area (Å²) in [5.74, 6) is -0.541. The largest absolute Gasteiger partial charge is 0.394 e. The van der Waals surface area contributed by atoms with Crippen LogP contribution in [0.1, 0.15) is 20.8 Å². The first-order valence-electron chi connectivity index (χ1n) is 4.65. The van der Waals surface area contributed by atoms with Gasteiger partial charge in [0.25, 0.3) is 0 Å². The number of rotatable bonds is 1. The van der Waals surface area contributed by atoms with Crippen molar-refractivity contribution in [2.24, 2.45) is 0 Å². The highest BCUT2D eigenvalue weighted by molar-refractivity contribution is 4.96. The fourth-order valence-corrected chi connectivity index (χ4v) is 2.05. The summed E-state index contributed by atoms with van der Waals surface area (Å²) >= 11 is 0. The van der Waals surface area contributed by atoms with E-state index in [-0.39, 0.29) is 31.0 Å². The number of hydrogen-bond donors (Lipinski definition) is 1. The number of ether oxygens (including phenoxy) is 3. The molecule has 4 atom stereocenters. The van der Waals surface area contributed by atoms with Crippen molar-refractivity contribution in [3.05, 3.63) is 0 Å². The fraction of sp³-hybridized carbons (Fsp3) is 1.00. The number of aliphatic hydroxyl groups excluding tert-OH is 1. The smallest absolute Gasteiger partial charge is 0.164 e. The van der Waals surface area contributed by atoms with Crippen molar-refractivity contribution in [2.45, 2.75) is 51.0 Å². The lowest BCUT2D eigenvalue weighted by molar-refractivity contribution is -0.188. The maximum absolute atomic E-state index is 9.04. The molecule has 0 aromatic heterocycles. The first kappa shape index (κ1) is 9.40. The van der Waals surface area contributed by atoms with Gasteiger partial charge in [-0.1, -0.05) is 0 Å². The molecule has 2 aliphatic heterocycles. The summed E-state index contributed by atoms with van der Waals surface area (Å²) in [7, 11) is 0. The van der Waals surface area contributed by atoms with Crippen molar-refractivity contribution in [2.75, 3.05) is 6.61 Å². The van der Waals surface area contributed by atoms with Gasteiger partial charge in [0.05, 0.1) is 12.7 Å². The number of aliphatic hydroxyl groups is 1. The Morgan fingerprint density at radius 2 is 1.85 bits per heavy atom. The van der Waals surface area contributed by atoms with Gasteiger partial charge < -0.3 is 19.3 Å². The molecule has 2 aliphatic rings. The second-order valence-corrected chi connectivity index (χ2v) is 4.13. The van der Waals surface area contributed by atoms with Crippen LogP contribution in [0.2, 0.25) is 0 Å². The van der Waals surface area contributed by atoms with Crippen molar-refractivity contribution in [3.8, 4) is 0 Å². The van der Waals surface area contributed by atoms with Gasteiger partial charge in [-0.2, -0.15) is 0 Å². The van der Waals surface area contributed by atoms with E-state index in [0.29, 0.717) is 0 Å². The normalized spacial score (nSPS) is 48.0. The van der Waals surface area contributed by atoms with Crippen LogP contribution in [0.4, 0.5) is 0 Å². The third kappa shape index (κ3) is 1.48. The average Bonchev–Trinajstić information content (AvgIpc) is 2.47. The molecular formula is C9H16O4. The summed E-state index contributed by atoms with van der Waals surface area (Å²) in [6.07, 6.45) is -0.382. The number of hydrogen-bond acceptors (Lipinski definition) is 4. The van der Waals surface area contributed by atoms with Crippen LogP contribution in [0.5, 0.6) is 0 Å². The van der Waals surface area contributed by atoms with Crippen molar-refractivity contribution in [3.63, 3.8) is 0 Å². The molecule has 0 spiro atoms. The Balaban J connectivity index is 2.12. The minimum atomic E-state index is -0.541. The summed E-state index contributed by atoms with van der Waals surface area (Å²) in [6, 6.07) is 0. The molecular weight excluding hydrogens is 172 g/mol. The molecule has 0 bridgehead atoms. The standard InChI is InChI=1S/C9H16O4/c1-5-7-8(6(4-10)11-5)13-9(2,3)12-7/h5-8,10H,4H2,1-3H3/t5-,6-,7?,8?/m1/s1. The Labute approximate surface area is 77.8 Å². The highest BCUT2D eigenvalue weighted by Gasteiger charge is 2.53. The molecule has 0 aliphatic carbocycles. The average molecular weight is 188 g/mol. The van der Waals surface area contributed by atoms with Crippen LogP contribution in [0, 0.1) is 0 Å². The van der Waals surface area contributed by atoms with E-state index in [4.69, 9.17) is 19.3 Å². The van der Waals surface area contributed by atoms with Gasteiger partial charge in [0.2, 0.25) is 0 Å². The Hall–Kier alpha value is -0.160. The summed E-state index contributed by atoms with van der Waals surface area (Å²) in [5, 5.41) is 9.04. The van der Waals surface area contributed by atoms with E-state index in [9.17, 15) is 0 Å². The van der Waals surface area contributed by atoms with E-state index in [1.165, 1.54) is 0 Å². The van der Waals surface area contributed by atoms with Gasteiger partial charge in [0.15, 0.2) is 5.79 Å². The van der Waals surface area contributed by atoms with E-state index < -0.39 is 5.79 Å². The van der Waals surface area contributed by atoms with Crippen LogP contribution in [0.15, 0.2) is 0 Å². The molecule has 2 heterocycles. The van der Waals surface area contributed by atoms with Crippen LogP contribution in [0.25, 0.3) is 0 Å². The lowest BCUT2D eigenvalue weighted by Gasteiger charge is -2.22. The van der Waals surface area contributed by atoms with Gasteiger partial charge in [0.1, 0.15) is 18.3 Å². The van der Waals surface area contributed by atoms with Gasteiger partial charge in [0, 0.05) is 0 Å². The number of fused-ring (bicyclic) bond motifs is 1. The molecule has 4 heteroatoms. The quantitative estimate of drug-likeness (QED) is 0.642. The van der Waals surface area contributed by atoms with Crippen molar-refractivity contribution in [1.82, 2.24) is 0 Å². The maximum Gasteiger partial charge on any atom is 0.164 e. The lowest BCUT2D eigenvalue weighted by atomic mass is 10.1. The zero-order valence-corrected chi connectivity index (χ0v) is 8.19. The molecule has 0 amide bonds. The van der Waals surface area contributed by atoms with E-state index in [0.717, 1.165) is 0 Å². The first-order valence-corrected chi connectivity index (χ1v) is 4.65. The molecule has 76 valence electrons. The minimum absolute atomic E-state index is 0.00363. The predicted molar refractivity (Wildman–Crippen MR) is 45.2 cm³/mol. The Kier molecular flexibility index (Phi) is 2.11. The van der Waals surface area contributed by atoms with Crippen LogP contribution < -0.4 is 0 Å². The highest BCUT2D eigenvalue weighted by atomic mass is 16.8. The molecule has 0 saturated carbocycles. The molecule has 2 rings (SSSR count). The monoisotopic (exact) mass is 188 g/mol. The third-order valence-corrected chi connectivity index (χ3v) is 2.56. The zero-order chi connectivity index (χ0) is 9.64. The SMILES string of the molecule is C[C@H]1O[C@H](CO)C2OC(C)(C)OC21. The predicted octanol–water partition coefficient (Wildman–Crippen LogP) is 0.286. The van der Waals surface area contributed by atoms with E-state index in [1.807, 2.05) is 20.8 Å². The van der Waals surface area contributed by atoms with E-state index in [1.54, 1.807) is 0 Å².